The minimum absolute atomic E-state index is 0.266. The van der Waals surface area contributed by atoms with Gasteiger partial charge in [-0.3, -0.25) is 4.90 Å². The predicted octanol–water partition coefficient (Wildman–Crippen LogP) is 3.87. The summed E-state index contributed by atoms with van der Waals surface area (Å²) < 4.78 is 4.75. The molecule has 120 valence electrons. The van der Waals surface area contributed by atoms with Gasteiger partial charge in [0.1, 0.15) is 0 Å². The molecule has 2 bridgehead atoms. The first kappa shape index (κ1) is 15.5. The molecule has 3 rings (SSSR count). The standard InChI is InChI=1S/C19H27NO2/c1-18(2)9-16-10-19(3,12-18)13-20(16)11-14-5-7-15(8-6-14)17(21)22-4/h5-8,16H,9-13H2,1-4H3/t16-,19-/m1/s1. The van der Waals surface area contributed by atoms with Crippen LogP contribution in [0.5, 0.6) is 0 Å². The summed E-state index contributed by atoms with van der Waals surface area (Å²) in [5, 5.41) is 0. The highest BCUT2D eigenvalue weighted by Crippen LogP contribution is 2.52. The van der Waals surface area contributed by atoms with Crippen molar-refractivity contribution in [1.82, 2.24) is 4.90 Å². The zero-order valence-electron chi connectivity index (χ0n) is 14.2. The molecular weight excluding hydrogens is 274 g/mol. The van der Waals surface area contributed by atoms with Crippen LogP contribution in [0.15, 0.2) is 24.3 Å². The van der Waals surface area contributed by atoms with Crippen molar-refractivity contribution in [3.8, 4) is 0 Å². The van der Waals surface area contributed by atoms with Crippen molar-refractivity contribution in [2.45, 2.75) is 52.6 Å². The van der Waals surface area contributed by atoms with Crippen LogP contribution in [-0.2, 0) is 11.3 Å². The number of hydrogen-bond donors (Lipinski definition) is 0. The Morgan fingerprint density at radius 1 is 1.23 bits per heavy atom. The molecule has 1 aliphatic carbocycles. The van der Waals surface area contributed by atoms with Crippen LogP contribution in [-0.4, -0.2) is 30.6 Å². The number of rotatable bonds is 3. The summed E-state index contributed by atoms with van der Waals surface area (Å²) in [5.74, 6) is -0.266. The van der Waals surface area contributed by atoms with Crippen LogP contribution < -0.4 is 0 Å². The average Bonchev–Trinajstić information content (AvgIpc) is 2.67. The third kappa shape index (κ3) is 3.05. The maximum absolute atomic E-state index is 11.5. The van der Waals surface area contributed by atoms with Gasteiger partial charge >= 0.3 is 5.97 Å². The minimum atomic E-state index is -0.266. The summed E-state index contributed by atoms with van der Waals surface area (Å²) >= 11 is 0. The number of fused-ring (bicyclic) bond motifs is 2. The largest absolute Gasteiger partial charge is 0.465 e. The minimum Gasteiger partial charge on any atom is -0.465 e. The lowest BCUT2D eigenvalue weighted by molar-refractivity contribution is 0.0600. The van der Waals surface area contributed by atoms with Gasteiger partial charge < -0.3 is 4.74 Å². The van der Waals surface area contributed by atoms with Crippen LogP contribution in [0.1, 0.15) is 56.0 Å². The molecule has 0 N–H and O–H groups in total. The smallest absolute Gasteiger partial charge is 0.337 e. The number of likely N-dealkylation sites (tertiary alicyclic amines) is 1. The first-order valence-corrected chi connectivity index (χ1v) is 8.22. The van der Waals surface area contributed by atoms with E-state index < -0.39 is 0 Å². The number of carbonyl (C=O) groups excluding carboxylic acids is 1. The molecule has 1 aliphatic heterocycles. The van der Waals surface area contributed by atoms with Gasteiger partial charge in [0, 0.05) is 19.1 Å². The van der Waals surface area contributed by atoms with Crippen molar-refractivity contribution in [2.24, 2.45) is 10.8 Å². The number of ether oxygens (including phenoxy) is 1. The fourth-order valence-corrected chi connectivity index (χ4v) is 4.86. The van der Waals surface area contributed by atoms with Crippen LogP contribution in [0.4, 0.5) is 0 Å². The SMILES string of the molecule is COC(=O)c1ccc(CN2C[C@]3(C)C[C@H]2CC(C)(C)C3)cc1. The van der Waals surface area contributed by atoms with Crippen LogP contribution >= 0.6 is 0 Å². The molecule has 2 fully saturated rings. The van der Waals surface area contributed by atoms with E-state index in [0.717, 1.165) is 6.54 Å². The van der Waals surface area contributed by atoms with Crippen LogP contribution in [0, 0.1) is 10.8 Å². The van der Waals surface area contributed by atoms with E-state index in [0.29, 0.717) is 22.4 Å². The Morgan fingerprint density at radius 3 is 2.55 bits per heavy atom. The third-order valence-electron chi connectivity index (χ3n) is 5.28. The Balaban J connectivity index is 1.70. The molecule has 2 atom stereocenters. The molecule has 0 unspecified atom stereocenters. The molecule has 1 heterocycles. The number of benzene rings is 1. The van der Waals surface area contributed by atoms with Crippen molar-refractivity contribution in [2.75, 3.05) is 13.7 Å². The molecule has 0 spiro atoms. The van der Waals surface area contributed by atoms with E-state index in [1.54, 1.807) is 0 Å². The zero-order valence-corrected chi connectivity index (χ0v) is 14.2. The summed E-state index contributed by atoms with van der Waals surface area (Å²) in [6, 6.07) is 8.56. The van der Waals surface area contributed by atoms with Crippen LogP contribution in [0.2, 0.25) is 0 Å². The summed E-state index contributed by atoms with van der Waals surface area (Å²) in [7, 11) is 1.42. The quantitative estimate of drug-likeness (QED) is 0.794. The summed E-state index contributed by atoms with van der Waals surface area (Å²) in [5.41, 5.74) is 2.83. The fraction of sp³-hybridized carbons (Fsp3) is 0.632. The molecule has 0 aromatic heterocycles. The summed E-state index contributed by atoms with van der Waals surface area (Å²) in [6.45, 7) is 9.44. The second-order valence-corrected chi connectivity index (χ2v) is 8.31. The molecule has 22 heavy (non-hydrogen) atoms. The highest BCUT2D eigenvalue weighted by Gasteiger charge is 2.49. The molecule has 1 saturated carbocycles. The molecule has 3 nitrogen and oxygen atoms in total. The maximum atomic E-state index is 11.5. The van der Waals surface area contributed by atoms with Gasteiger partial charge in [0.15, 0.2) is 0 Å². The van der Waals surface area contributed by atoms with Gasteiger partial charge in [0.2, 0.25) is 0 Å². The predicted molar refractivity (Wildman–Crippen MR) is 87.7 cm³/mol. The van der Waals surface area contributed by atoms with Crippen molar-refractivity contribution in [3.63, 3.8) is 0 Å². The van der Waals surface area contributed by atoms with E-state index in [-0.39, 0.29) is 5.97 Å². The Hall–Kier alpha value is -1.35. The van der Waals surface area contributed by atoms with Crippen LogP contribution in [0.3, 0.4) is 0 Å². The third-order valence-corrected chi connectivity index (χ3v) is 5.28. The van der Waals surface area contributed by atoms with E-state index in [1.165, 1.54) is 38.5 Å². The number of hydrogen-bond acceptors (Lipinski definition) is 3. The Morgan fingerprint density at radius 2 is 1.91 bits per heavy atom. The highest BCUT2D eigenvalue weighted by atomic mass is 16.5. The van der Waals surface area contributed by atoms with E-state index in [9.17, 15) is 4.79 Å². The van der Waals surface area contributed by atoms with Gasteiger partial charge in [0.25, 0.3) is 0 Å². The highest BCUT2D eigenvalue weighted by molar-refractivity contribution is 5.89. The monoisotopic (exact) mass is 301 g/mol. The van der Waals surface area contributed by atoms with Gasteiger partial charge in [0.05, 0.1) is 12.7 Å². The Labute approximate surface area is 133 Å². The lowest BCUT2D eigenvalue weighted by Gasteiger charge is -2.40. The first-order chi connectivity index (χ1) is 10.3. The van der Waals surface area contributed by atoms with Gasteiger partial charge in [-0.15, -0.1) is 0 Å². The lowest BCUT2D eigenvalue weighted by atomic mass is 9.65. The van der Waals surface area contributed by atoms with Gasteiger partial charge in [-0.2, -0.15) is 0 Å². The van der Waals surface area contributed by atoms with E-state index in [1.807, 2.05) is 12.1 Å². The van der Waals surface area contributed by atoms with E-state index >= 15 is 0 Å². The van der Waals surface area contributed by atoms with Gasteiger partial charge in [-0.05, 0) is 47.8 Å². The van der Waals surface area contributed by atoms with Gasteiger partial charge in [-0.25, -0.2) is 4.79 Å². The molecule has 3 heteroatoms. The number of methoxy groups -OCH3 is 1. The second-order valence-electron chi connectivity index (χ2n) is 8.31. The first-order valence-electron chi connectivity index (χ1n) is 8.22. The average molecular weight is 301 g/mol. The van der Waals surface area contributed by atoms with Crippen molar-refractivity contribution in [3.05, 3.63) is 35.4 Å². The normalized spacial score (nSPS) is 30.3. The molecular formula is C19H27NO2. The maximum Gasteiger partial charge on any atom is 0.337 e. The van der Waals surface area contributed by atoms with Gasteiger partial charge in [-0.1, -0.05) is 32.9 Å². The Kier molecular flexibility index (Phi) is 3.80. The lowest BCUT2D eigenvalue weighted by Crippen LogP contribution is -2.34. The number of carbonyl (C=O) groups is 1. The fourth-order valence-electron chi connectivity index (χ4n) is 4.86. The van der Waals surface area contributed by atoms with E-state index in [4.69, 9.17) is 4.74 Å². The van der Waals surface area contributed by atoms with Crippen molar-refractivity contribution < 1.29 is 9.53 Å². The number of esters is 1. The second kappa shape index (κ2) is 5.38. The Bertz CT molecular complexity index is 563. The molecule has 1 saturated heterocycles. The molecule has 2 aliphatic rings. The molecule has 1 aromatic carbocycles. The van der Waals surface area contributed by atoms with Crippen molar-refractivity contribution in [1.29, 1.82) is 0 Å². The summed E-state index contributed by atoms with van der Waals surface area (Å²) in [6.07, 6.45) is 3.95. The molecule has 1 aromatic rings. The number of nitrogens with zero attached hydrogens (tertiary/aromatic N) is 1. The van der Waals surface area contributed by atoms with Crippen LogP contribution in [0.25, 0.3) is 0 Å². The molecule has 0 radical (unpaired) electrons. The zero-order chi connectivity index (χ0) is 16.0. The topological polar surface area (TPSA) is 29.5 Å². The molecule has 0 amide bonds. The van der Waals surface area contributed by atoms with E-state index in [2.05, 4.69) is 37.8 Å². The summed E-state index contributed by atoms with van der Waals surface area (Å²) in [4.78, 5) is 14.1. The van der Waals surface area contributed by atoms with Crippen molar-refractivity contribution >= 4 is 5.97 Å².